The van der Waals surface area contributed by atoms with Crippen LogP contribution in [0.25, 0.3) is 0 Å². The number of aryl methyl sites for hydroxylation is 1. The van der Waals surface area contributed by atoms with Gasteiger partial charge in [-0.25, -0.2) is 0 Å². The predicted molar refractivity (Wildman–Crippen MR) is 64.0 cm³/mol. The lowest BCUT2D eigenvalue weighted by Gasteiger charge is -2.26. The predicted octanol–water partition coefficient (Wildman–Crippen LogP) is 1.02. The molecule has 92 valence electrons. The maximum absolute atomic E-state index is 4.24. The summed E-state index contributed by atoms with van der Waals surface area (Å²) >= 11 is 0. The van der Waals surface area contributed by atoms with Crippen LogP contribution in [-0.4, -0.2) is 32.8 Å². The van der Waals surface area contributed by atoms with E-state index in [0.29, 0.717) is 17.9 Å². The van der Waals surface area contributed by atoms with Crippen LogP contribution in [0.4, 0.5) is 0 Å². The van der Waals surface area contributed by atoms with Gasteiger partial charge in [0, 0.05) is 12.5 Å². The van der Waals surface area contributed by atoms with Gasteiger partial charge in [0.25, 0.3) is 0 Å². The summed E-state index contributed by atoms with van der Waals surface area (Å²) in [5.74, 6) is 1.99. The van der Waals surface area contributed by atoms with Gasteiger partial charge in [-0.05, 0) is 30.5 Å². The van der Waals surface area contributed by atoms with E-state index in [1.165, 1.54) is 4.80 Å². The molecule has 0 saturated heterocycles. The molecular formula is C11H23N5. The average Bonchev–Trinajstić information content (AvgIpc) is 2.60. The summed E-state index contributed by atoms with van der Waals surface area (Å²) in [5, 5.41) is 15.6. The van der Waals surface area contributed by atoms with Gasteiger partial charge in [-0.3, -0.25) is 0 Å². The van der Waals surface area contributed by atoms with Gasteiger partial charge in [0.1, 0.15) is 0 Å². The third-order valence-corrected chi connectivity index (χ3v) is 2.99. The monoisotopic (exact) mass is 225 g/mol. The van der Waals surface area contributed by atoms with Crippen LogP contribution in [0.15, 0.2) is 0 Å². The van der Waals surface area contributed by atoms with Crippen LogP contribution < -0.4 is 5.32 Å². The maximum atomic E-state index is 4.24. The second-order valence-electron chi connectivity index (χ2n) is 4.65. The minimum Gasteiger partial charge on any atom is -0.314 e. The van der Waals surface area contributed by atoms with Gasteiger partial charge in [0.05, 0.1) is 7.05 Å². The van der Waals surface area contributed by atoms with E-state index in [2.05, 4.69) is 48.4 Å². The van der Waals surface area contributed by atoms with E-state index in [-0.39, 0.29) is 0 Å². The first-order valence-electron chi connectivity index (χ1n) is 6.00. The zero-order chi connectivity index (χ0) is 12.1. The molecule has 1 aromatic heterocycles. The van der Waals surface area contributed by atoms with Crippen molar-refractivity contribution in [1.82, 2.24) is 25.5 Å². The second kappa shape index (κ2) is 5.94. The highest BCUT2D eigenvalue weighted by Crippen LogP contribution is 2.19. The molecule has 0 spiro atoms. The molecule has 0 bridgehead atoms. The van der Waals surface area contributed by atoms with Gasteiger partial charge in [0.2, 0.25) is 0 Å². The van der Waals surface area contributed by atoms with Crippen LogP contribution in [-0.2, 0) is 13.5 Å². The minimum absolute atomic E-state index is 0.480. The highest BCUT2D eigenvalue weighted by Gasteiger charge is 2.22. The molecule has 0 aliphatic rings. The Balaban J connectivity index is 2.64. The van der Waals surface area contributed by atoms with Crippen LogP contribution in [0.1, 0.15) is 33.5 Å². The maximum Gasteiger partial charge on any atom is 0.175 e. The normalized spacial score (nSPS) is 15.4. The molecule has 1 aromatic rings. The van der Waals surface area contributed by atoms with Crippen LogP contribution in [0.2, 0.25) is 0 Å². The minimum atomic E-state index is 0.480. The van der Waals surface area contributed by atoms with Gasteiger partial charge in [-0.15, -0.1) is 10.2 Å². The van der Waals surface area contributed by atoms with Crippen molar-refractivity contribution in [2.24, 2.45) is 18.9 Å². The van der Waals surface area contributed by atoms with E-state index in [1.54, 1.807) is 7.05 Å². The first-order valence-corrected chi connectivity index (χ1v) is 6.00. The number of hydrogen-bond acceptors (Lipinski definition) is 4. The van der Waals surface area contributed by atoms with Gasteiger partial charge < -0.3 is 5.32 Å². The van der Waals surface area contributed by atoms with Crippen molar-refractivity contribution >= 4 is 0 Å². The Morgan fingerprint density at radius 3 is 2.44 bits per heavy atom. The lowest BCUT2D eigenvalue weighted by atomic mass is 9.86. The van der Waals surface area contributed by atoms with Crippen LogP contribution >= 0.6 is 0 Å². The molecule has 1 heterocycles. The fourth-order valence-electron chi connectivity index (χ4n) is 2.08. The van der Waals surface area contributed by atoms with Gasteiger partial charge >= 0.3 is 0 Å². The van der Waals surface area contributed by atoms with Crippen molar-refractivity contribution in [2.75, 3.05) is 6.54 Å². The van der Waals surface area contributed by atoms with Gasteiger partial charge in [-0.1, -0.05) is 20.8 Å². The molecule has 2 unspecified atom stereocenters. The Bertz CT molecular complexity index is 307. The molecule has 0 radical (unpaired) electrons. The van der Waals surface area contributed by atoms with Crippen molar-refractivity contribution in [2.45, 2.75) is 40.2 Å². The fourth-order valence-corrected chi connectivity index (χ4v) is 2.08. The van der Waals surface area contributed by atoms with E-state index in [0.717, 1.165) is 18.8 Å². The molecular weight excluding hydrogens is 202 g/mol. The van der Waals surface area contributed by atoms with Crippen LogP contribution in [0.5, 0.6) is 0 Å². The topological polar surface area (TPSA) is 55.6 Å². The summed E-state index contributed by atoms with van der Waals surface area (Å²) in [5.41, 5.74) is 0. The molecule has 0 aliphatic heterocycles. The number of aromatic nitrogens is 4. The first kappa shape index (κ1) is 13.1. The summed E-state index contributed by atoms with van der Waals surface area (Å²) in [6.07, 6.45) is 0.889. The lowest BCUT2D eigenvalue weighted by Crippen LogP contribution is -2.37. The Kier molecular flexibility index (Phi) is 4.86. The van der Waals surface area contributed by atoms with Crippen molar-refractivity contribution in [3.8, 4) is 0 Å². The molecule has 2 atom stereocenters. The van der Waals surface area contributed by atoms with Crippen molar-refractivity contribution in [1.29, 1.82) is 0 Å². The van der Waals surface area contributed by atoms with Crippen LogP contribution in [0, 0.1) is 11.8 Å². The summed E-state index contributed by atoms with van der Waals surface area (Å²) in [6.45, 7) is 9.85. The highest BCUT2D eigenvalue weighted by atomic mass is 15.6. The third kappa shape index (κ3) is 3.56. The van der Waals surface area contributed by atoms with Gasteiger partial charge in [-0.2, -0.15) is 4.80 Å². The molecule has 0 aliphatic carbocycles. The smallest absolute Gasteiger partial charge is 0.175 e. The zero-order valence-electron chi connectivity index (χ0n) is 10.9. The third-order valence-electron chi connectivity index (χ3n) is 2.99. The zero-order valence-corrected chi connectivity index (χ0v) is 10.9. The second-order valence-corrected chi connectivity index (χ2v) is 4.65. The number of rotatable bonds is 6. The number of nitrogens with one attached hydrogen (secondary N) is 1. The Morgan fingerprint density at radius 1 is 1.31 bits per heavy atom. The molecule has 5 nitrogen and oxygen atoms in total. The van der Waals surface area contributed by atoms with Crippen molar-refractivity contribution in [3.05, 3.63) is 5.82 Å². The first-order chi connectivity index (χ1) is 7.54. The highest BCUT2D eigenvalue weighted by molar-refractivity contribution is 4.86. The quantitative estimate of drug-likeness (QED) is 0.785. The van der Waals surface area contributed by atoms with Crippen molar-refractivity contribution in [3.63, 3.8) is 0 Å². The number of hydrogen-bond donors (Lipinski definition) is 1. The SMILES string of the molecule is CCNC(C)C(Cc1nnn(C)n1)C(C)C. The molecule has 16 heavy (non-hydrogen) atoms. The van der Waals surface area contributed by atoms with E-state index >= 15 is 0 Å². The number of tetrazole rings is 1. The van der Waals surface area contributed by atoms with E-state index < -0.39 is 0 Å². The summed E-state index contributed by atoms with van der Waals surface area (Å²) in [6, 6.07) is 0.480. The molecule has 1 N–H and O–H groups in total. The molecule has 0 amide bonds. The standard InChI is InChI=1S/C11H23N5/c1-6-12-9(4)10(8(2)3)7-11-13-15-16(5)14-11/h8-10,12H,6-7H2,1-5H3. The summed E-state index contributed by atoms with van der Waals surface area (Å²) in [7, 11) is 1.80. The Hall–Kier alpha value is -0.970. The molecule has 0 fully saturated rings. The van der Waals surface area contributed by atoms with E-state index in [9.17, 15) is 0 Å². The summed E-state index contributed by atoms with van der Waals surface area (Å²) in [4.78, 5) is 1.52. The average molecular weight is 225 g/mol. The Labute approximate surface area is 97.6 Å². The molecule has 0 saturated carbocycles. The lowest BCUT2D eigenvalue weighted by molar-refractivity contribution is 0.287. The molecule has 0 aromatic carbocycles. The fraction of sp³-hybridized carbons (Fsp3) is 0.909. The Morgan fingerprint density at radius 2 is 2.00 bits per heavy atom. The molecule has 1 rings (SSSR count). The summed E-state index contributed by atoms with van der Waals surface area (Å²) < 4.78 is 0. The van der Waals surface area contributed by atoms with E-state index in [1.807, 2.05) is 0 Å². The van der Waals surface area contributed by atoms with Crippen molar-refractivity contribution < 1.29 is 0 Å². The van der Waals surface area contributed by atoms with E-state index in [4.69, 9.17) is 0 Å². The molecule has 5 heteroatoms. The van der Waals surface area contributed by atoms with Crippen LogP contribution in [0.3, 0.4) is 0 Å². The largest absolute Gasteiger partial charge is 0.314 e. The van der Waals surface area contributed by atoms with Gasteiger partial charge in [0.15, 0.2) is 5.82 Å². The number of nitrogens with zero attached hydrogens (tertiary/aromatic N) is 4.